The lowest BCUT2D eigenvalue weighted by atomic mass is 10.1. The van der Waals surface area contributed by atoms with Crippen molar-refractivity contribution in [3.05, 3.63) is 35.1 Å². The van der Waals surface area contributed by atoms with E-state index in [1.165, 1.54) is 12.1 Å². The van der Waals surface area contributed by atoms with Crippen molar-refractivity contribution in [2.75, 3.05) is 20.2 Å². The molecule has 0 radical (unpaired) electrons. The fraction of sp³-hybridized carbons (Fsp3) is 0.500. The molecule has 1 aromatic rings. The van der Waals surface area contributed by atoms with Crippen LogP contribution in [0.25, 0.3) is 0 Å². The molecule has 1 aromatic carbocycles. The maximum Gasteiger partial charge on any atom is 0.335 e. The molecule has 0 spiro atoms. The van der Waals surface area contributed by atoms with Gasteiger partial charge in [-0.15, -0.1) is 0 Å². The number of rotatable bonds is 7. The zero-order valence-corrected chi connectivity index (χ0v) is 11.5. The summed E-state index contributed by atoms with van der Waals surface area (Å²) in [5, 5.41) is 8.87. The number of carbonyl (C=O) groups is 1. The Morgan fingerprint density at radius 2 is 2.11 bits per heavy atom. The van der Waals surface area contributed by atoms with E-state index >= 15 is 0 Å². The van der Waals surface area contributed by atoms with Crippen LogP contribution >= 0.6 is 0 Å². The molecule has 0 atom stereocenters. The van der Waals surface area contributed by atoms with Gasteiger partial charge in [-0.1, -0.05) is 0 Å². The SMILES string of the molecule is CC(C)OCCN(C)Cc1cc(F)cc(C(=O)O)c1. The topological polar surface area (TPSA) is 49.8 Å². The lowest BCUT2D eigenvalue weighted by molar-refractivity contribution is 0.0625. The van der Waals surface area contributed by atoms with E-state index in [0.29, 0.717) is 25.3 Å². The van der Waals surface area contributed by atoms with Crippen LogP contribution in [-0.4, -0.2) is 42.3 Å². The highest BCUT2D eigenvalue weighted by atomic mass is 19.1. The van der Waals surface area contributed by atoms with Crippen LogP contribution in [0.1, 0.15) is 29.8 Å². The second-order valence-corrected chi connectivity index (χ2v) is 4.81. The summed E-state index contributed by atoms with van der Waals surface area (Å²) in [6.45, 7) is 5.71. The predicted molar refractivity (Wildman–Crippen MR) is 70.8 cm³/mol. The van der Waals surface area contributed by atoms with Gasteiger partial charge >= 0.3 is 5.97 Å². The van der Waals surface area contributed by atoms with Gasteiger partial charge in [0.25, 0.3) is 0 Å². The second kappa shape index (κ2) is 7.21. The summed E-state index contributed by atoms with van der Waals surface area (Å²) in [6, 6.07) is 3.87. The van der Waals surface area contributed by atoms with Gasteiger partial charge in [0.15, 0.2) is 0 Å². The first-order chi connectivity index (χ1) is 8.88. The van der Waals surface area contributed by atoms with Gasteiger partial charge in [-0.25, -0.2) is 9.18 Å². The molecule has 0 bridgehead atoms. The van der Waals surface area contributed by atoms with Crippen molar-refractivity contribution in [1.82, 2.24) is 4.90 Å². The Balaban J connectivity index is 2.58. The molecule has 0 aliphatic rings. The monoisotopic (exact) mass is 269 g/mol. The van der Waals surface area contributed by atoms with Crippen LogP contribution in [-0.2, 0) is 11.3 Å². The van der Waals surface area contributed by atoms with E-state index in [-0.39, 0.29) is 11.7 Å². The van der Waals surface area contributed by atoms with E-state index in [1.807, 2.05) is 25.8 Å². The fourth-order valence-corrected chi connectivity index (χ4v) is 1.70. The summed E-state index contributed by atoms with van der Waals surface area (Å²) in [5.74, 6) is -1.65. The maximum absolute atomic E-state index is 13.3. The molecule has 0 aliphatic carbocycles. The van der Waals surface area contributed by atoms with Crippen LogP contribution in [0.4, 0.5) is 4.39 Å². The third kappa shape index (κ3) is 5.81. The molecule has 0 aromatic heterocycles. The molecule has 0 unspecified atom stereocenters. The Kier molecular flexibility index (Phi) is 5.92. The zero-order chi connectivity index (χ0) is 14.4. The van der Waals surface area contributed by atoms with Crippen molar-refractivity contribution >= 4 is 5.97 Å². The van der Waals surface area contributed by atoms with E-state index in [1.54, 1.807) is 0 Å². The second-order valence-electron chi connectivity index (χ2n) is 4.81. The zero-order valence-electron chi connectivity index (χ0n) is 11.5. The summed E-state index contributed by atoms with van der Waals surface area (Å²) in [5.41, 5.74) is 0.617. The molecule has 5 heteroatoms. The highest BCUT2D eigenvalue weighted by Gasteiger charge is 2.09. The minimum atomic E-state index is -1.12. The molecule has 0 amide bonds. The van der Waals surface area contributed by atoms with E-state index in [9.17, 15) is 9.18 Å². The third-order valence-electron chi connectivity index (χ3n) is 2.58. The molecule has 4 nitrogen and oxygen atoms in total. The number of benzene rings is 1. The van der Waals surface area contributed by atoms with Crippen molar-refractivity contribution in [3.63, 3.8) is 0 Å². The largest absolute Gasteiger partial charge is 0.478 e. The Morgan fingerprint density at radius 1 is 1.42 bits per heavy atom. The van der Waals surface area contributed by atoms with E-state index in [4.69, 9.17) is 9.84 Å². The number of hydrogen-bond donors (Lipinski definition) is 1. The average molecular weight is 269 g/mol. The Morgan fingerprint density at radius 3 is 2.68 bits per heavy atom. The number of nitrogens with zero attached hydrogens (tertiary/aromatic N) is 1. The molecule has 0 saturated heterocycles. The van der Waals surface area contributed by atoms with Crippen molar-refractivity contribution in [2.45, 2.75) is 26.5 Å². The van der Waals surface area contributed by atoms with Crippen molar-refractivity contribution < 1.29 is 19.0 Å². The van der Waals surface area contributed by atoms with E-state index < -0.39 is 11.8 Å². The van der Waals surface area contributed by atoms with Gasteiger partial charge in [0.05, 0.1) is 18.3 Å². The van der Waals surface area contributed by atoms with Gasteiger partial charge in [-0.2, -0.15) is 0 Å². The first-order valence-electron chi connectivity index (χ1n) is 6.21. The lowest BCUT2D eigenvalue weighted by Crippen LogP contribution is -2.24. The number of hydrogen-bond acceptors (Lipinski definition) is 3. The Labute approximate surface area is 112 Å². The lowest BCUT2D eigenvalue weighted by Gasteiger charge is -2.18. The molecule has 19 heavy (non-hydrogen) atoms. The quantitative estimate of drug-likeness (QED) is 0.825. The van der Waals surface area contributed by atoms with E-state index in [2.05, 4.69) is 0 Å². The van der Waals surface area contributed by atoms with Crippen LogP contribution in [0.2, 0.25) is 0 Å². The molecule has 1 N–H and O–H groups in total. The number of carboxylic acid groups (broad SMARTS) is 1. The normalized spacial score (nSPS) is 11.3. The molecule has 0 fully saturated rings. The van der Waals surface area contributed by atoms with Crippen LogP contribution in [0.15, 0.2) is 18.2 Å². The van der Waals surface area contributed by atoms with Gasteiger partial charge in [-0.3, -0.25) is 4.90 Å². The molecular formula is C14H20FNO3. The number of likely N-dealkylation sites (N-methyl/N-ethyl adjacent to an activating group) is 1. The van der Waals surface area contributed by atoms with Gasteiger partial charge in [0.1, 0.15) is 5.82 Å². The van der Waals surface area contributed by atoms with Gasteiger partial charge in [0, 0.05) is 13.1 Å². The molecule has 1 rings (SSSR count). The summed E-state index contributed by atoms with van der Waals surface area (Å²) >= 11 is 0. The number of carboxylic acids is 1. The minimum absolute atomic E-state index is 0.0261. The summed E-state index contributed by atoms with van der Waals surface area (Å²) < 4.78 is 18.7. The predicted octanol–water partition coefficient (Wildman–Crippen LogP) is 2.38. The number of aromatic carboxylic acids is 1. The highest BCUT2D eigenvalue weighted by Crippen LogP contribution is 2.11. The van der Waals surface area contributed by atoms with Crippen LogP contribution < -0.4 is 0 Å². The molecule has 106 valence electrons. The standard InChI is InChI=1S/C14H20FNO3/c1-10(2)19-5-4-16(3)9-11-6-12(14(17)18)8-13(15)7-11/h6-8,10H,4-5,9H2,1-3H3,(H,17,18). The van der Waals surface area contributed by atoms with Crippen molar-refractivity contribution in [1.29, 1.82) is 0 Å². The summed E-state index contributed by atoms with van der Waals surface area (Å²) in [7, 11) is 1.88. The van der Waals surface area contributed by atoms with Gasteiger partial charge in [0.2, 0.25) is 0 Å². The third-order valence-corrected chi connectivity index (χ3v) is 2.58. The molecule has 0 heterocycles. The Bertz CT molecular complexity index is 435. The maximum atomic E-state index is 13.3. The number of halogens is 1. The average Bonchev–Trinajstić information content (AvgIpc) is 2.27. The fourth-order valence-electron chi connectivity index (χ4n) is 1.70. The Hall–Kier alpha value is -1.46. The molecule has 0 aliphatic heterocycles. The van der Waals surface area contributed by atoms with Crippen molar-refractivity contribution in [2.24, 2.45) is 0 Å². The number of ether oxygens (including phenoxy) is 1. The minimum Gasteiger partial charge on any atom is -0.478 e. The van der Waals surface area contributed by atoms with Crippen LogP contribution in [0.5, 0.6) is 0 Å². The van der Waals surface area contributed by atoms with Crippen LogP contribution in [0, 0.1) is 5.82 Å². The van der Waals surface area contributed by atoms with Gasteiger partial charge < -0.3 is 9.84 Å². The van der Waals surface area contributed by atoms with Crippen molar-refractivity contribution in [3.8, 4) is 0 Å². The summed E-state index contributed by atoms with van der Waals surface area (Å²) in [4.78, 5) is 12.8. The first-order valence-corrected chi connectivity index (χ1v) is 6.21. The molecular weight excluding hydrogens is 249 g/mol. The molecule has 0 saturated carbocycles. The van der Waals surface area contributed by atoms with Gasteiger partial charge in [-0.05, 0) is 44.7 Å². The first kappa shape index (κ1) is 15.6. The van der Waals surface area contributed by atoms with Crippen LogP contribution in [0.3, 0.4) is 0 Å². The summed E-state index contributed by atoms with van der Waals surface area (Å²) in [6.07, 6.45) is 0.182. The highest BCUT2D eigenvalue weighted by molar-refractivity contribution is 5.87. The van der Waals surface area contributed by atoms with E-state index in [0.717, 1.165) is 6.07 Å². The smallest absolute Gasteiger partial charge is 0.335 e.